The molecule has 1 aliphatic heterocycles. The van der Waals surface area contributed by atoms with Gasteiger partial charge >= 0.3 is 0 Å². The first-order valence-electron chi connectivity index (χ1n) is 7.80. The van der Waals surface area contributed by atoms with E-state index < -0.39 is 0 Å². The second kappa shape index (κ2) is 5.01. The molecular weight excluding hydrogens is 248 g/mol. The van der Waals surface area contributed by atoms with Crippen LogP contribution in [0.5, 0.6) is 0 Å². The van der Waals surface area contributed by atoms with Crippen LogP contribution in [0.1, 0.15) is 24.8 Å². The molecule has 1 saturated carbocycles. The minimum atomic E-state index is -0.0102. The smallest absolute Gasteiger partial charge is 0.157 e. The lowest BCUT2D eigenvalue weighted by molar-refractivity contribution is -0.236. The van der Waals surface area contributed by atoms with E-state index in [1.807, 2.05) is 0 Å². The highest BCUT2D eigenvalue weighted by atomic mass is 16.7. The Labute approximate surface area is 120 Å². The molecule has 2 atom stereocenters. The molecule has 0 amide bonds. The summed E-state index contributed by atoms with van der Waals surface area (Å²) < 4.78 is 12.1. The fourth-order valence-corrected chi connectivity index (χ4v) is 4.09. The van der Waals surface area contributed by atoms with Gasteiger partial charge in [0.1, 0.15) is 0 Å². The van der Waals surface area contributed by atoms with Crippen LogP contribution in [0.25, 0.3) is 0 Å². The Morgan fingerprint density at radius 1 is 1.05 bits per heavy atom. The first kappa shape index (κ1) is 12.6. The summed E-state index contributed by atoms with van der Waals surface area (Å²) in [4.78, 5) is 0. The minimum Gasteiger partial charge on any atom is -0.352 e. The Morgan fingerprint density at radius 3 is 2.50 bits per heavy atom. The van der Waals surface area contributed by atoms with Gasteiger partial charge in [0.2, 0.25) is 0 Å². The molecule has 0 N–H and O–H groups in total. The zero-order valence-corrected chi connectivity index (χ0v) is 11.8. The van der Waals surface area contributed by atoms with Crippen molar-refractivity contribution < 1.29 is 9.47 Å². The van der Waals surface area contributed by atoms with Gasteiger partial charge in [0.05, 0.1) is 13.2 Å². The highest BCUT2D eigenvalue weighted by Gasteiger charge is 2.50. The molecule has 1 heterocycles. The second-order valence-electron chi connectivity index (χ2n) is 6.63. The monoisotopic (exact) mass is 270 g/mol. The summed E-state index contributed by atoms with van der Waals surface area (Å²) in [5, 5.41) is 0. The SMILES string of the molecule is C1=CC2CC1CC21COC(CCc2ccccc2)OC1. The zero-order chi connectivity index (χ0) is 13.4. The first-order chi connectivity index (χ1) is 9.84. The normalized spacial score (nSPS) is 38.7. The van der Waals surface area contributed by atoms with Crippen LogP contribution in [0, 0.1) is 17.3 Å². The average Bonchev–Trinajstić information content (AvgIpc) is 3.09. The van der Waals surface area contributed by atoms with Crippen LogP contribution in [0.4, 0.5) is 0 Å². The highest BCUT2D eigenvalue weighted by Crippen LogP contribution is 2.53. The maximum absolute atomic E-state index is 6.03. The van der Waals surface area contributed by atoms with E-state index in [0.29, 0.717) is 11.3 Å². The predicted molar refractivity (Wildman–Crippen MR) is 78.2 cm³/mol. The molecule has 1 saturated heterocycles. The largest absolute Gasteiger partial charge is 0.352 e. The summed E-state index contributed by atoms with van der Waals surface area (Å²) in [7, 11) is 0. The number of allylic oxidation sites excluding steroid dienone is 2. The summed E-state index contributed by atoms with van der Waals surface area (Å²) in [5.74, 6) is 1.48. The molecule has 1 aromatic rings. The summed E-state index contributed by atoms with van der Waals surface area (Å²) in [6.07, 6.45) is 9.35. The van der Waals surface area contributed by atoms with Crippen LogP contribution in [-0.2, 0) is 15.9 Å². The topological polar surface area (TPSA) is 18.5 Å². The van der Waals surface area contributed by atoms with Crippen molar-refractivity contribution in [1.82, 2.24) is 0 Å². The molecule has 2 unspecified atom stereocenters. The number of ether oxygens (including phenoxy) is 2. The van der Waals surface area contributed by atoms with Gasteiger partial charge in [0.25, 0.3) is 0 Å². The van der Waals surface area contributed by atoms with E-state index in [2.05, 4.69) is 42.5 Å². The van der Waals surface area contributed by atoms with Gasteiger partial charge in [0, 0.05) is 11.8 Å². The van der Waals surface area contributed by atoms with E-state index in [1.54, 1.807) is 0 Å². The lowest BCUT2D eigenvalue weighted by atomic mass is 9.76. The zero-order valence-electron chi connectivity index (χ0n) is 11.8. The molecular formula is C18H22O2. The predicted octanol–water partition coefficient (Wildman–Crippen LogP) is 3.57. The maximum atomic E-state index is 6.03. The molecule has 1 spiro atoms. The number of aryl methyl sites for hydroxylation is 1. The van der Waals surface area contributed by atoms with Gasteiger partial charge in [-0.1, -0.05) is 42.5 Å². The number of hydrogen-bond donors (Lipinski definition) is 0. The molecule has 2 aliphatic carbocycles. The van der Waals surface area contributed by atoms with Gasteiger partial charge in [-0.25, -0.2) is 0 Å². The van der Waals surface area contributed by atoms with Gasteiger partial charge in [-0.15, -0.1) is 0 Å². The summed E-state index contributed by atoms with van der Waals surface area (Å²) in [6, 6.07) is 10.6. The molecule has 1 aromatic carbocycles. The molecule has 2 heteroatoms. The Bertz CT molecular complexity index is 485. The number of benzene rings is 1. The van der Waals surface area contributed by atoms with Crippen molar-refractivity contribution in [3.8, 4) is 0 Å². The van der Waals surface area contributed by atoms with E-state index in [0.717, 1.165) is 32.0 Å². The maximum Gasteiger partial charge on any atom is 0.157 e. The van der Waals surface area contributed by atoms with E-state index in [4.69, 9.17) is 9.47 Å². The lowest BCUT2D eigenvalue weighted by Crippen LogP contribution is -2.44. The van der Waals surface area contributed by atoms with Gasteiger partial charge < -0.3 is 9.47 Å². The van der Waals surface area contributed by atoms with Crippen molar-refractivity contribution in [2.75, 3.05) is 13.2 Å². The third-order valence-corrected chi connectivity index (χ3v) is 5.25. The van der Waals surface area contributed by atoms with E-state index in [9.17, 15) is 0 Å². The molecule has 0 radical (unpaired) electrons. The van der Waals surface area contributed by atoms with E-state index >= 15 is 0 Å². The third-order valence-electron chi connectivity index (χ3n) is 5.25. The minimum absolute atomic E-state index is 0.0102. The third kappa shape index (κ3) is 2.21. The summed E-state index contributed by atoms with van der Waals surface area (Å²) in [6.45, 7) is 1.77. The average molecular weight is 270 g/mol. The van der Waals surface area contributed by atoms with Crippen molar-refractivity contribution in [2.45, 2.75) is 32.0 Å². The number of fused-ring (bicyclic) bond motifs is 3. The van der Waals surface area contributed by atoms with Crippen molar-refractivity contribution in [3.05, 3.63) is 48.0 Å². The summed E-state index contributed by atoms with van der Waals surface area (Å²) >= 11 is 0. The van der Waals surface area contributed by atoms with Crippen LogP contribution < -0.4 is 0 Å². The van der Waals surface area contributed by atoms with Crippen LogP contribution >= 0.6 is 0 Å². The summed E-state index contributed by atoms with van der Waals surface area (Å²) in [5.41, 5.74) is 1.66. The van der Waals surface area contributed by atoms with Gasteiger partial charge in [-0.05, 0) is 36.7 Å². The Morgan fingerprint density at radius 2 is 1.85 bits per heavy atom. The molecule has 106 valence electrons. The van der Waals surface area contributed by atoms with E-state index in [1.165, 1.54) is 18.4 Å². The molecule has 3 aliphatic rings. The molecule has 4 rings (SSSR count). The molecule has 20 heavy (non-hydrogen) atoms. The van der Waals surface area contributed by atoms with Crippen LogP contribution in [0.3, 0.4) is 0 Å². The van der Waals surface area contributed by atoms with Gasteiger partial charge in [0.15, 0.2) is 6.29 Å². The fourth-order valence-electron chi connectivity index (χ4n) is 4.09. The highest BCUT2D eigenvalue weighted by molar-refractivity contribution is 5.16. The van der Waals surface area contributed by atoms with Crippen LogP contribution in [-0.4, -0.2) is 19.5 Å². The Balaban J connectivity index is 1.31. The first-order valence-corrected chi connectivity index (χ1v) is 7.80. The molecule has 2 fully saturated rings. The van der Waals surface area contributed by atoms with Crippen molar-refractivity contribution in [2.24, 2.45) is 17.3 Å². The van der Waals surface area contributed by atoms with Crippen LogP contribution in [0.2, 0.25) is 0 Å². The lowest BCUT2D eigenvalue weighted by Gasteiger charge is -2.41. The fraction of sp³-hybridized carbons (Fsp3) is 0.556. The standard InChI is InChI=1S/C18H22O2/c1-2-4-14(5-3-1)7-9-17-19-12-18(13-20-17)11-15-6-8-16(18)10-15/h1-6,8,15-17H,7,9-13H2. The van der Waals surface area contributed by atoms with Crippen molar-refractivity contribution in [3.63, 3.8) is 0 Å². The Hall–Kier alpha value is -1.12. The van der Waals surface area contributed by atoms with Crippen molar-refractivity contribution in [1.29, 1.82) is 0 Å². The Kier molecular flexibility index (Phi) is 3.16. The van der Waals surface area contributed by atoms with E-state index in [-0.39, 0.29) is 6.29 Å². The number of rotatable bonds is 3. The molecule has 0 aromatic heterocycles. The van der Waals surface area contributed by atoms with Gasteiger partial charge in [-0.3, -0.25) is 0 Å². The second-order valence-corrected chi connectivity index (χ2v) is 6.63. The van der Waals surface area contributed by atoms with Crippen molar-refractivity contribution >= 4 is 0 Å². The quantitative estimate of drug-likeness (QED) is 0.782. The molecule has 2 nitrogen and oxygen atoms in total. The van der Waals surface area contributed by atoms with Crippen LogP contribution in [0.15, 0.2) is 42.5 Å². The number of hydrogen-bond acceptors (Lipinski definition) is 2. The van der Waals surface area contributed by atoms with Gasteiger partial charge in [-0.2, -0.15) is 0 Å². The molecule has 2 bridgehead atoms.